The molecule has 0 N–H and O–H groups in total. The van der Waals surface area contributed by atoms with Gasteiger partial charge >= 0.3 is 0 Å². The van der Waals surface area contributed by atoms with E-state index in [0.717, 1.165) is 5.56 Å². The van der Waals surface area contributed by atoms with Crippen LogP contribution in [0.5, 0.6) is 0 Å². The Kier molecular flexibility index (Phi) is 21.4. The lowest BCUT2D eigenvalue weighted by atomic mass is 9.64. The number of piperazine rings is 1. The van der Waals surface area contributed by atoms with E-state index in [1.807, 2.05) is 114 Å². The van der Waals surface area contributed by atoms with E-state index in [2.05, 4.69) is 55.4 Å². The molecule has 0 spiro atoms. The molecule has 0 bridgehead atoms. The fourth-order valence-electron chi connectivity index (χ4n) is 10.2. The topological polar surface area (TPSA) is 153 Å². The highest BCUT2D eigenvalue weighted by Gasteiger charge is 2.52. The molecule has 4 aliphatic rings. The number of fused-ring (bicyclic) bond motifs is 1. The van der Waals surface area contributed by atoms with Crippen LogP contribution < -0.4 is 0 Å². The number of carbonyl (C=O) groups excluding carboxylic acids is 8. The van der Waals surface area contributed by atoms with Gasteiger partial charge in [0.25, 0.3) is 11.8 Å². The second-order valence-electron chi connectivity index (χ2n) is 22.5. The first-order valence-corrected chi connectivity index (χ1v) is 25.1. The zero-order valence-corrected chi connectivity index (χ0v) is 45.4. The van der Waals surface area contributed by atoms with Gasteiger partial charge in [-0.1, -0.05) is 89.2 Å². The van der Waals surface area contributed by atoms with Gasteiger partial charge in [0.1, 0.15) is 0 Å². The van der Waals surface area contributed by atoms with Crippen molar-refractivity contribution in [3.8, 4) is 0 Å². The van der Waals surface area contributed by atoms with E-state index in [4.69, 9.17) is 0 Å². The van der Waals surface area contributed by atoms with Crippen LogP contribution in [0.2, 0.25) is 0 Å². The fourth-order valence-corrected chi connectivity index (χ4v) is 10.2. The molecule has 4 aliphatic heterocycles. The summed E-state index contributed by atoms with van der Waals surface area (Å²) in [6.07, 6.45) is 0. The third-order valence-corrected chi connectivity index (χ3v) is 13.6. The summed E-state index contributed by atoms with van der Waals surface area (Å²) in [4.78, 5) is 105. The molecular formula is C54H89N5O8. The van der Waals surface area contributed by atoms with Gasteiger partial charge in [-0.3, -0.25) is 62.9 Å². The molecule has 5 rings (SSSR count). The second-order valence-corrected chi connectivity index (χ2v) is 22.5. The fraction of sp³-hybridized carbons (Fsp3) is 0.741. The normalized spacial score (nSPS) is 22.9. The quantitative estimate of drug-likeness (QED) is 0.198. The summed E-state index contributed by atoms with van der Waals surface area (Å²) in [5, 5.41) is 0. The van der Waals surface area contributed by atoms with Crippen LogP contribution in [0.15, 0.2) is 18.2 Å². The van der Waals surface area contributed by atoms with Gasteiger partial charge < -0.3 is 0 Å². The van der Waals surface area contributed by atoms with Crippen LogP contribution in [0.1, 0.15) is 185 Å². The first kappa shape index (κ1) is 58.9. The number of hydrogen-bond donors (Lipinski definition) is 0. The minimum atomic E-state index is -0.171. The van der Waals surface area contributed by atoms with E-state index in [-0.39, 0.29) is 131 Å². The Morgan fingerprint density at radius 1 is 0.373 bits per heavy atom. The van der Waals surface area contributed by atoms with Gasteiger partial charge in [0.2, 0.25) is 35.4 Å². The maximum Gasteiger partial charge on any atom is 0.261 e. The van der Waals surface area contributed by atoms with Crippen molar-refractivity contribution in [2.45, 2.75) is 188 Å². The Morgan fingerprint density at radius 3 is 0.985 bits per heavy atom. The lowest BCUT2D eigenvalue weighted by Gasteiger charge is -2.47. The molecule has 0 aromatic heterocycles. The van der Waals surface area contributed by atoms with E-state index >= 15 is 0 Å². The molecule has 1 aromatic carbocycles. The van der Waals surface area contributed by atoms with Gasteiger partial charge in [0.15, 0.2) is 0 Å². The predicted octanol–water partition coefficient (Wildman–Crippen LogP) is 9.18. The number of likely N-dealkylation sites (tertiary alicyclic amines) is 2. The number of benzene rings is 1. The molecule has 4 unspecified atom stereocenters. The molecule has 1 aromatic rings. The summed E-state index contributed by atoms with van der Waals surface area (Å²) in [6, 6.07) is 5.61. The second kappa shape index (κ2) is 24.3. The minimum absolute atomic E-state index is 0.0219. The maximum atomic E-state index is 12.8. The molecule has 0 saturated carbocycles. The summed E-state index contributed by atoms with van der Waals surface area (Å²) < 4.78 is 0. The number of piperidine rings is 1. The van der Waals surface area contributed by atoms with E-state index in [1.54, 1.807) is 6.07 Å². The molecule has 67 heavy (non-hydrogen) atoms. The molecule has 3 fully saturated rings. The molecule has 8 amide bonds. The maximum absolute atomic E-state index is 12.8. The lowest BCUT2D eigenvalue weighted by molar-refractivity contribution is -0.168. The van der Waals surface area contributed by atoms with Gasteiger partial charge in [-0.2, -0.15) is 0 Å². The van der Waals surface area contributed by atoms with Crippen LogP contribution in [0.3, 0.4) is 0 Å². The number of hydrogen-bond acceptors (Lipinski definition) is 9. The molecule has 4 atom stereocenters. The average molecular weight is 936 g/mol. The first-order valence-electron chi connectivity index (χ1n) is 25.1. The van der Waals surface area contributed by atoms with Gasteiger partial charge in [-0.25, -0.2) is 0 Å². The molecule has 0 aliphatic carbocycles. The zero-order valence-electron chi connectivity index (χ0n) is 45.4. The highest BCUT2D eigenvalue weighted by molar-refractivity contribution is 6.21. The van der Waals surface area contributed by atoms with Crippen LogP contribution in [0.25, 0.3) is 0 Å². The molecule has 3 saturated heterocycles. The molecular weight excluding hydrogens is 847 g/mol. The van der Waals surface area contributed by atoms with E-state index < -0.39 is 0 Å². The van der Waals surface area contributed by atoms with Gasteiger partial charge in [0, 0.05) is 42.0 Å². The smallest absolute Gasteiger partial charge is 0.261 e. The monoisotopic (exact) mass is 936 g/mol. The third-order valence-electron chi connectivity index (χ3n) is 13.6. The highest BCUT2D eigenvalue weighted by Crippen LogP contribution is 2.43. The van der Waals surface area contributed by atoms with Crippen molar-refractivity contribution in [1.29, 1.82) is 0 Å². The average Bonchev–Trinajstić information content (AvgIpc) is 3.61. The van der Waals surface area contributed by atoms with Crippen molar-refractivity contribution in [3.63, 3.8) is 0 Å². The van der Waals surface area contributed by atoms with Gasteiger partial charge in [-0.15, -0.1) is 0 Å². The standard InChI is InChI=1S/C17H31NO2.C14H17NO2.C13H23NO2.C10H18N2O2/c1-9(2)13-14(10(3)4)16(19)18(12(7)8)17(20)15(13)11(5)6;1-8(2)10-5-6-11-12(7-10)14(17)15(9(3)4)13(11)16;1-7(2)10-11(8(3)4)13(16)14(9(5)6)12(10)15;1-7(2)11-5-9(13)12(8(3)4)10(14)6-11/h9-15H,1-8H3;5-9H,1-4H3;7-11H,1-6H3;7-8H,5-6H2,1-4H3. The minimum Gasteiger partial charge on any atom is -0.283 e. The van der Waals surface area contributed by atoms with Crippen molar-refractivity contribution >= 4 is 47.3 Å². The molecule has 13 nitrogen and oxygen atoms in total. The highest BCUT2D eigenvalue weighted by atomic mass is 16.2. The zero-order chi connectivity index (χ0) is 52.0. The van der Waals surface area contributed by atoms with Crippen molar-refractivity contribution < 1.29 is 38.4 Å². The molecule has 13 heteroatoms. The van der Waals surface area contributed by atoms with Crippen molar-refractivity contribution in [3.05, 3.63) is 34.9 Å². The number of carbonyl (C=O) groups is 8. The van der Waals surface area contributed by atoms with E-state index in [9.17, 15) is 38.4 Å². The summed E-state index contributed by atoms with van der Waals surface area (Å²) in [6.45, 7) is 44.7. The number of rotatable bonds is 11. The molecule has 4 heterocycles. The molecule has 378 valence electrons. The lowest BCUT2D eigenvalue weighted by Crippen LogP contribution is -2.59. The Hall–Kier alpha value is -4.26. The predicted molar refractivity (Wildman–Crippen MR) is 265 cm³/mol. The van der Waals surface area contributed by atoms with Crippen molar-refractivity contribution in [2.75, 3.05) is 13.1 Å². The Balaban J connectivity index is 0.000000309. The third kappa shape index (κ3) is 13.3. The Labute approximate surface area is 404 Å². The summed E-state index contributed by atoms with van der Waals surface area (Å²) in [5.74, 6) is 1.14. The van der Waals surface area contributed by atoms with Crippen LogP contribution in [0.4, 0.5) is 0 Å². The summed E-state index contributed by atoms with van der Waals surface area (Å²) in [5.41, 5.74) is 2.18. The van der Waals surface area contributed by atoms with Crippen LogP contribution in [-0.4, -0.2) is 115 Å². The van der Waals surface area contributed by atoms with Crippen molar-refractivity contribution in [1.82, 2.24) is 24.5 Å². The Morgan fingerprint density at radius 2 is 0.701 bits per heavy atom. The van der Waals surface area contributed by atoms with Gasteiger partial charge in [0.05, 0.1) is 36.1 Å². The van der Waals surface area contributed by atoms with E-state index in [0.29, 0.717) is 36.1 Å². The number of nitrogens with zero attached hydrogens (tertiary/aromatic N) is 5. The number of amides is 8. The van der Waals surface area contributed by atoms with Gasteiger partial charge in [-0.05, 0) is 128 Å². The SMILES string of the molecule is CC(C)C1C(=O)N(C(C)C)C(=O)C(C(C)C)C1C(C)C.CC(C)C1C(=O)N(C(C)C)C(=O)C1C(C)C.CC(C)N1CC(=O)N(C(C)C)C(=O)C1.CC(C)c1ccc2c(c1)C(=O)N(C(C)C)C2=O. The van der Waals surface area contributed by atoms with Crippen molar-refractivity contribution in [2.24, 2.45) is 59.2 Å². The van der Waals surface area contributed by atoms with Crippen LogP contribution >= 0.6 is 0 Å². The Bertz CT molecular complexity index is 1870. The van der Waals surface area contributed by atoms with E-state index in [1.165, 1.54) is 19.6 Å². The largest absolute Gasteiger partial charge is 0.283 e. The molecule has 0 radical (unpaired) electrons. The summed E-state index contributed by atoms with van der Waals surface area (Å²) >= 11 is 0. The first-order chi connectivity index (χ1) is 30.8. The van der Waals surface area contributed by atoms with Crippen LogP contribution in [0, 0.1) is 59.2 Å². The van der Waals surface area contributed by atoms with Crippen LogP contribution in [-0.2, 0) is 28.8 Å². The number of imide groups is 4. The summed E-state index contributed by atoms with van der Waals surface area (Å²) in [7, 11) is 0.